The summed E-state index contributed by atoms with van der Waals surface area (Å²) in [6.07, 6.45) is 0. The highest BCUT2D eigenvalue weighted by atomic mass is 35.5. The van der Waals surface area contributed by atoms with E-state index in [-0.39, 0.29) is 10.8 Å². The maximum absolute atomic E-state index is 6.19. The third-order valence-electron chi connectivity index (χ3n) is 5.09. The van der Waals surface area contributed by atoms with Crippen molar-refractivity contribution < 1.29 is 4.74 Å². The second-order valence-electron chi connectivity index (χ2n) is 5.84. The first kappa shape index (κ1) is 13.7. The summed E-state index contributed by atoms with van der Waals surface area (Å²) >= 11 is 12.2. The molecule has 3 rings (SSSR count). The number of fused-ring (bicyclic) bond motifs is 1. The summed E-state index contributed by atoms with van der Waals surface area (Å²) in [6, 6.07) is 6.05. The van der Waals surface area contributed by atoms with Crippen LogP contribution in [0, 0.1) is 11.3 Å². The Labute approximate surface area is 124 Å². The molecule has 104 valence electrons. The van der Waals surface area contributed by atoms with Gasteiger partial charge in [0.25, 0.3) is 0 Å². The quantitative estimate of drug-likeness (QED) is 0.919. The van der Waals surface area contributed by atoms with Gasteiger partial charge in [-0.25, -0.2) is 0 Å². The average Bonchev–Trinajstić information content (AvgIpc) is 2.77. The molecule has 0 radical (unpaired) electrons. The van der Waals surface area contributed by atoms with Crippen LogP contribution in [-0.2, 0) is 10.2 Å². The number of halogens is 2. The molecule has 3 unspecified atom stereocenters. The molecule has 0 bridgehead atoms. The van der Waals surface area contributed by atoms with E-state index in [1.54, 1.807) is 0 Å². The third-order valence-corrected chi connectivity index (χ3v) is 5.83. The molecule has 2 nitrogen and oxygen atoms in total. The first-order chi connectivity index (χ1) is 9.06. The van der Waals surface area contributed by atoms with Crippen molar-refractivity contribution >= 4 is 23.2 Å². The van der Waals surface area contributed by atoms with Gasteiger partial charge in [0.05, 0.1) is 16.7 Å². The lowest BCUT2D eigenvalue weighted by Gasteiger charge is -2.23. The zero-order chi connectivity index (χ0) is 13.7. The van der Waals surface area contributed by atoms with Crippen LogP contribution in [0.25, 0.3) is 0 Å². The van der Waals surface area contributed by atoms with Crippen LogP contribution in [0.4, 0.5) is 0 Å². The normalized spacial score (nSPS) is 36.3. The van der Waals surface area contributed by atoms with Gasteiger partial charge in [0.1, 0.15) is 0 Å². The van der Waals surface area contributed by atoms with Gasteiger partial charge in [0, 0.05) is 24.0 Å². The molecule has 4 heteroatoms. The SMILES string of the molecule is CCOCC1(C)C2CNCC21c1ccc(Cl)c(Cl)c1. The Morgan fingerprint density at radius 3 is 2.84 bits per heavy atom. The van der Waals surface area contributed by atoms with Crippen LogP contribution in [-0.4, -0.2) is 26.3 Å². The van der Waals surface area contributed by atoms with Gasteiger partial charge in [-0.05, 0) is 37.1 Å². The topological polar surface area (TPSA) is 21.3 Å². The summed E-state index contributed by atoms with van der Waals surface area (Å²) in [5.74, 6) is 0.629. The molecule has 3 atom stereocenters. The fourth-order valence-corrected chi connectivity index (χ4v) is 4.25. The molecule has 1 saturated carbocycles. The molecule has 2 fully saturated rings. The third kappa shape index (κ3) is 1.77. The molecular weight excluding hydrogens is 281 g/mol. The van der Waals surface area contributed by atoms with Crippen LogP contribution >= 0.6 is 23.2 Å². The number of nitrogens with one attached hydrogen (secondary N) is 1. The van der Waals surface area contributed by atoms with E-state index < -0.39 is 0 Å². The molecule has 1 aliphatic carbocycles. The van der Waals surface area contributed by atoms with Crippen LogP contribution < -0.4 is 5.32 Å². The summed E-state index contributed by atoms with van der Waals surface area (Å²) in [5.41, 5.74) is 1.67. The van der Waals surface area contributed by atoms with E-state index in [4.69, 9.17) is 27.9 Å². The molecule has 1 aromatic carbocycles. The van der Waals surface area contributed by atoms with Crippen LogP contribution in [0.3, 0.4) is 0 Å². The van der Waals surface area contributed by atoms with Crippen molar-refractivity contribution in [3.63, 3.8) is 0 Å². The Kier molecular flexibility index (Phi) is 3.33. The van der Waals surface area contributed by atoms with Gasteiger partial charge in [0.2, 0.25) is 0 Å². The lowest BCUT2D eigenvalue weighted by atomic mass is 9.87. The summed E-state index contributed by atoms with van der Waals surface area (Å²) in [5, 5.41) is 4.76. The number of rotatable bonds is 4. The van der Waals surface area contributed by atoms with Crippen LogP contribution in [0.1, 0.15) is 19.4 Å². The second kappa shape index (κ2) is 4.63. The first-order valence-electron chi connectivity index (χ1n) is 6.80. The Morgan fingerprint density at radius 1 is 1.37 bits per heavy atom. The zero-order valence-electron chi connectivity index (χ0n) is 11.3. The van der Waals surface area contributed by atoms with E-state index >= 15 is 0 Å². The molecule has 1 heterocycles. The highest BCUT2D eigenvalue weighted by Gasteiger charge is 2.75. The van der Waals surface area contributed by atoms with Gasteiger partial charge < -0.3 is 10.1 Å². The van der Waals surface area contributed by atoms with Crippen molar-refractivity contribution in [2.45, 2.75) is 19.3 Å². The molecule has 2 aliphatic rings. The standard InChI is InChI=1S/C15H19Cl2NO/c1-3-19-9-14(2)13-7-18-8-15(13,14)10-4-5-11(16)12(17)6-10/h4-6,13,18H,3,7-9H2,1-2H3. The highest BCUT2D eigenvalue weighted by molar-refractivity contribution is 6.42. The van der Waals surface area contributed by atoms with Crippen molar-refractivity contribution in [2.24, 2.45) is 11.3 Å². The van der Waals surface area contributed by atoms with E-state index in [1.165, 1.54) is 5.56 Å². The van der Waals surface area contributed by atoms with E-state index in [9.17, 15) is 0 Å². The molecular formula is C15H19Cl2NO. The molecule has 1 N–H and O–H groups in total. The minimum absolute atomic E-state index is 0.163. The molecule has 0 aromatic heterocycles. The highest BCUT2D eigenvalue weighted by Crippen LogP contribution is 2.71. The number of hydrogen-bond acceptors (Lipinski definition) is 2. The van der Waals surface area contributed by atoms with E-state index in [0.717, 1.165) is 26.3 Å². The predicted molar refractivity (Wildman–Crippen MR) is 79.1 cm³/mol. The number of hydrogen-bond donors (Lipinski definition) is 1. The summed E-state index contributed by atoms with van der Waals surface area (Å²) in [6.45, 7) is 8.02. The zero-order valence-corrected chi connectivity index (χ0v) is 12.8. The van der Waals surface area contributed by atoms with Gasteiger partial charge in [0.15, 0.2) is 0 Å². The maximum Gasteiger partial charge on any atom is 0.0595 e. The molecule has 19 heavy (non-hydrogen) atoms. The van der Waals surface area contributed by atoms with Crippen molar-refractivity contribution in [2.75, 3.05) is 26.3 Å². The second-order valence-corrected chi connectivity index (χ2v) is 6.65. The van der Waals surface area contributed by atoms with Crippen molar-refractivity contribution in [1.82, 2.24) is 5.32 Å². The minimum Gasteiger partial charge on any atom is -0.381 e. The van der Waals surface area contributed by atoms with Gasteiger partial charge in [-0.2, -0.15) is 0 Å². The predicted octanol–water partition coefficient (Wildman–Crippen LogP) is 3.51. The van der Waals surface area contributed by atoms with Gasteiger partial charge in [-0.3, -0.25) is 0 Å². The Morgan fingerprint density at radius 2 is 2.16 bits per heavy atom. The van der Waals surface area contributed by atoms with E-state index in [0.29, 0.717) is 16.0 Å². The first-order valence-corrected chi connectivity index (χ1v) is 7.56. The van der Waals surface area contributed by atoms with Crippen LogP contribution in [0.5, 0.6) is 0 Å². The van der Waals surface area contributed by atoms with Gasteiger partial charge in [-0.15, -0.1) is 0 Å². The van der Waals surface area contributed by atoms with Gasteiger partial charge >= 0.3 is 0 Å². The molecule has 1 aliphatic heterocycles. The summed E-state index contributed by atoms with van der Waals surface area (Å²) in [7, 11) is 0. The van der Waals surface area contributed by atoms with Gasteiger partial charge in [-0.1, -0.05) is 36.2 Å². The van der Waals surface area contributed by atoms with Crippen LogP contribution in [0.15, 0.2) is 18.2 Å². The molecule has 1 saturated heterocycles. The largest absolute Gasteiger partial charge is 0.381 e. The monoisotopic (exact) mass is 299 g/mol. The van der Waals surface area contributed by atoms with E-state index in [2.05, 4.69) is 18.3 Å². The Hall–Kier alpha value is -0.280. The van der Waals surface area contributed by atoms with E-state index in [1.807, 2.05) is 19.1 Å². The molecule has 0 spiro atoms. The van der Waals surface area contributed by atoms with Crippen LogP contribution in [0.2, 0.25) is 10.0 Å². The average molecular weight is 300 g/mol. The fourth-order valence-electron chi connectivity index (χ4n) is 3.95. The molecule has 0 amide bonds. The molecule has 1 aromatic rings. The number of piperidine rings is 1. The Bertz CT molecular complexity index is 507. The summed E-state index contributed by atoms with van der Waals surface area (Å²) < 4.78 is 5.71. The fraction of sp³-hybridized carbons (Fsp3) is 0.600. The lowest BCUT2D eigenvalue weighted by molar-refractivity contribution is 0.0897. The Balaban J connectivity index is 1.95. The number of ether oxygens (including phenoxy) is 1. The van der Waals surface area contributed by atoms with Crippen molar-refractivity contribution in [3.8, 4) is 0 Å². The smallest absolute Gasteiger partial charge is 0.0595 e. The lowest BCUT2D eigenvalue weighted by Crippen LogP contribution is -2.31. The summed E-state index contributed by atoms with van der Waals surface area (Å²) in [4.78, 5) is 0. The maximum atomic E-state index is 6.19. The minimum atomic E-state index is 0.163. The van der Waals surface area contributed by atoms with Crippen molar-refractivity contribution in [1.29, 1.82) is 0 Å². The number of benzene rings is 1. The van der Waals surface area contributed by atoms with Crippen molar-refractivity contribution in [3.05, 3.63) is 33.8 Å².